The standard InChI is InChI=1S/C7H12O2Si/c1-4-6-7(8)9-10(3)5-2/h6,10H,1,5H2,2-3H3. The highest BCUT2D eigenvalue weighted by Gasteiger charge is 2.04. The average molecular weight is 156 g/mol. The lowest BCUT2D eigenvalue weighted by atomic mass is 10.6. The van der Waals surface area contributed by atoms with Crippen LogP contribution >= 0.6 is 0 Å². The third-order valence-corrected chi connectivity index (χ3v) is 2.90. The number of carbonyl (C=O) groups excluding carboxylic acids is 1. The van der Waals surface area contributed by atoms with E-state index in [0.29, 0.717) is 0 Å². The molecule has 0 rings (SSSR count). The van der Waals surface area contributed by atoms with Gasteiger partial charge in [-0.2, -0.15) is 0 Å². The highest BCUT2D eigenvalue weighted by atomic mass is 28.3. The number of hydrogen-bond donors (Lipinski definition) is 0. The molecule has 0 amide bonds. The first-order chi connectivity index (χ1) is 4.70. The Hall–Kier alpha value is -0.793. The van der Waals surface area contributed by atoms with E-state index in [1.807, 2.05) is 13.5 Å². The second-order valence-corrected chi connectivity index (χ2v) is 4.68. The molecule has 0 aliphatic heterocycles. The van der Waals surface area contributed by atoms with Crippen LogP contribution in [0, 0.1) is 0 Å². The number of hydrogen-bond acceptors (Lipinski definition) is 2. The first-order valence-corrected chi connectivity index (χ1v) is 5.71. The molecule has 0 aliphatic rings. The largest absolute Gasteiger partial charge is 0.519 e. The van der Waals surface area contributed by atoms with Crippen molar-refractivity contribution < 1.29 is 9.22 Å². The minimum atomic E-state index is -1.22. The van der Waals surface area contributed by atoms with Crippen LogP contribution in [0.4, 0.5) is 0 Å². The molecule has 0 aromatic rings. The van der Waals surface area contributed by atoms with Gasteiger partial charge in [-0.3, -0.25) is 0 Å². The summed E-state index contributed by atoms with van der Waals surface area (Å²) in [5, 5.41) is 0. The quantitative estimate of drug-likeness (QED) is 0.349. The molecule has 0 saturated carbocycles. The zero-order valence-electron chi connectivity index (χ0n) is 6.39. The molecular formula is C7H12O2Si. The molecule has 0 aliphatic carbocycles. The molecule has 10 heavy (non-hydrogen) atoms. The first kappa shape index (κ1) is 9.21. The van der Waals surface area contributed by atoms with Crippen molar-refractivity contribution in [2.75, 3.05) is 0 Å². The predicted octanol–water partition coefficient (Wildman–Crippen LogP) is 1.24. The van der Waals surface area contributed by atoms with Crippen LogP contribution in [-0.2, 0) is 9.22 Å². The van der Waals surface area contributed by atoms with Crippen LogP contribution in [0.1, 0.15) is 6.92 Å². The lowest BCUT2D eigenvalue weighted by Crippen LogP contribution is -2.15. The van der Waals surface area contributed by atoms with Gasteiger partial charge in [0.2, 0.25) is 9.04 Å². The van der Waals surface area contributed by atoms with E-state index in [9.17, 15) is 4.79 Å². The Labute approximate surface area is 62.9 Å². The Kier molecular flexibility index (Phi) is 4.63. The molecule has 0 aromatic heterocycles. The summed E-state index contributed by atoms with van der Waals surface area (Å²) in [7, 11) is -1.22. The Bertz CT molecular complexity index is 159. The third kappa shape index (κ3) is 4.12. The van der Waals surface area contributed by atoms with Gasteiger partial charge in [-0.25, -0.2) is 4.79 Å². The minimum absolute atomic E-state index is 0.309. The fourth-order valence-electron chi connectivity index (χ4n) is 0.399. The maximum atomic E-state index is 10.7. The molecule has 3 heteroatoms. The highest BCUT2D eigenvalue weighted by molar-refractivity contribution is 6.52. The summed E-state index contributed by atoms with van der Waals surface area (Å²) in [5.41, 5.74) is 2.37. The molecule has 1 atom stereocenters. The molecule has 56 valence electrons. The molecule has 1 unspecified atom stereocenters. The summed E-state index contributed by atoms with van der Waals surface area (Å²) in [6, 6.07) is 0.969. The monoisotopic (exact) mass is 156 g/mol. The van der Waals surface area contributed by atoms with E-state index in [1.54, 1.807) is 0 Å². The summed E-state index contributed by atoms with van der Waals surface area (Å²) < 4.78 is 4.98. The lowest BCUT2D eigenvalue weighted by molar-refractivity contribution is -0.129. The van der Waals surface area contributed by atoms with Crippen LogP contribution in [0.25, 0.3) is 0 Å². The molecule has 0 spiro atoms. The number of rotatable bonds is 3. The van der Waals surface area contributed by atoms with Gasteiger partial charge in [-0.05, 0) is 12.6 Å². The van der Waals surface area contributed by atoms with Crippen molar-refractivity contribution >= 4 is 15.0 Å². The maximum absolute atomic E-state index is 10.7. The predicted molar refractivity (Wildman–Crippen MR) is 43.3 cm³/mol. The Balaban J connectivity index is 3.67. The van der Waals surface area contributed by atoms with E-state index in [4.69, 9.17) is 4.43 Å². The van der Waals surface area contributed by atoms with Crippen LogP contribution in [-0.4, -0.2) is 15.0 Å². The summed E-state index contributed by atoms with van der Waals surface area (Å²) in [6.07, 6.45) is 1.22. The van der Waals surface area contributed by atoms with Gasteiger partial charge < -0.3 is 4.43 Å². The SMILES string of the molecule is C=C=CC(=O)O[SiH](C)CC. The van der Waals surface area contributed by atoms with Crippen molar-refractivity contribution in [1.29, 1.82) is 0 Å². The van der Waals surface area contributed by atoms with E-state index >= 15 is 0 Å². The third-order valence-electron chi connectivity index (χ3n) is 1.11. The minimum Gasteiger partial charge on any atom is -0.519 e. The van der Waals surface area contributed by atoms with Crippen molar-refractivity contribution in [3.8, 4) is 0 Å². The lowest BCUT2D eigenvalue weighted by Gasteiger charge is -2.05. The second-order valence-electron chi connectivity index (χ2n) is 2.00. The van der Waals surface area contributed by atoms with Gasteiger partial charge in [0.15, 0.2) is 0 Å². The molecule has 0 saturated heterocycles. The molecule has 0 fully saturated rings. The normalized spacial score (nSPS) is 11.4. The summed E-state index contributed by atoms with van der Waals surface area (Å²) in [5.74, 6) is -0.309. The topological polar surface area (TPSA) is 26.3 Å². The van der Waals surface area contributed by atoms with Crippen molar-refractivity contribution in [2.24, 2.45) is 0 Å². The molecule has 0 bridgehead atoms. The second kappa shape index (κ2) is 5.03. The van der Waals surface area contributed by atoms with E-state index in [-0.39, 0.29) is 5.97 Å². The van der Waals surface area contributed by atoms with E-state index in [0.717, 1.165) is 6.04 Å². The molecule has 0 radical (unpaired) electrons. The van der Waals surface area contributed by atoms with Gasteiger partial charge in [0.05, 0.1) is 6.08 Å². The van der Waals surface area contributed by atoms with Crippen molar-refractivity contribution in [2.45, 2.75) is 19.5 Å². The van der Waals surface area contributed by atoms with E-state index in [1.165, 1.54) is 6.08 Å². The van der Waals surface area contributed by atoms with Crippen LogP contribution in [0.3, 0.4) is 0 Å². The van der Waals surface area contributed by atoms with Crippen LogP contribution in [0.5, 0.6) is 0 Å². The number of carbonyl (C=O) groups is 1. The Morgan fingerprint density at radius 1 is 1.90 bits per heavy atom. The zero-order valence-corrected chi connectivity index (χ0v) is 7.54. The fourth-order valence-corrected chi connectivity index (χ4v) is 1.03. The molecule has 0 N–H and O–H groups in total. The van der Waals surface area contributed by atoms with Gasteiger partial charge in [0.1, 0.15) is 0 Å². The van der Waals surface area contributed by atoms with Gasteiger partial charge in [-0.15, -0.1) is 5.73 Å². The fraction of sp³-hybridized carbons (Fsp3) is 0.429. The summed E-state index contributed by atoms with van der Waals surface area (Å²) >= 11 is 0. The highest BCUT2D eigenvalue weighted by Crippen LogP contribution is 1.92. The average Bonchev–Trinajstić information content (AvgIpc) is 1.88. The molecule has 0 heterocycles. The van der Waals surface area contributed by atoms with Gasteiger partial charge >= 0.3 is 5.97 Å². The maximum Gasteiger partial charge on any atom is 0.325 e. The first-order valence-electron chi connectivity index (χ1n) is 3.27. The van der Waals surface area contributed by atoms with Gasteiger partial charge in [0, 0.05) is 0 Å². The van der Waals surface area contributed by atoms with Gasteiger partial charge in [-0.1, -0.05) is 13.5 Å². The molecular weight excluding hydrogens is 144 g/mol. The van der Waals surface area contributed by atoms with Crippen LogP contribution < -0.4 is 0 Å². The van der Waals surface area contributed by atoms with Crippen molar-refractivity contribution in [1.82, 2.24) is 0 Å². The molecule has 2 nitrogen and oxygen atoms in total. The van der Waals surface area contributed by atoms with E-state index < -0.39 is 9.04 Å². The van der Waals surface area contributed by atoms with Gasteiger partial charge in [0.25, 0.3) is 0 Å². The Morgan fingerprint density at radius 2 is 2.50 bits per heavy atom. The molecule has 0 aromatic carbocycles. The summed E-state index contributed by atoms with van der Waals surface area (Å²) in [4.78, 5) is 10.7. The van der Waals surface area contributed by atoms with Crippen molar-refractivity contribution in [3.05, 3.63) is 18.4 Å². The summed E-state index contributed by atoms with van der Waals surface area (Å²) in [6.45, 7) is 7.26. The van der Waals surface area contributed by atoms with E-state index in [2.05, 4.69) is 12.3 Å². The smallest absolute Gasteiger partial charge is 0.325 e. The van der Waals surface area contributed by atoms with Crippen molar-refractivity contribution in [3.63, 3.8) is 0 Å². The van der Waals surface area contributed by atoms with Crippen LogP contribution in [0.2, 0.25) is 12.6 Å². The zero-order chi connectivity index (χ0) is 7.98. The van der Waals surface area contributed by atoms with Crippen LogP contribution in [0.15, 0.2) is 18.4 Å². The Morgan fingerprint density at radius 3 is 2.90 bits per heavy atom.